The number of alkyl halides is 1. The molecule has 3 heteroatoms. The van der Waals surface area contributed by atoms with E-state index in [4.69, 9.17) is 11.6 Å². The zero-order valence-corrected chi connectivity index (χ0v) is 8.87. The van der Waals surface area contributed by atoms with Crippen LogP contribution in [0, 0.1) is 5.41 Å². The summed E-state index contributed by atoms with van der Waals surface area (Å²) in [6.07, 6.45) is 2.13. The van der Waals surface area contributed by atoms with Gasteiger partial charge < -0.3 is 5.32 Å². The van der Waals surface area contributed by atoms with Crippen LogP contribution < -0.4 is 5.32 Å². The van der Waals surface area contributed by atoms with Crippen molar-refractivity contribution in [2.75, 3.05) is 12.4 Å². The molecule has 0 spiro atoms. The molecule has 1 N–H and O–H groups in total. The van der Waals surface area contributed by atoms with E-state index in [9.17, 15) is 4.79 Å². The molecule has 72 valence electrons. The van der Waals surface area contributed by atoms with Crippen LogP contribution in [0.4, 0.5) is 0 Å². The Morgan fingerprint density at radius 2 is 2.08 bits per heavy atom. The van der Waals surface area contributed by atoms with Crippen LogP contribution in [-0.4, -0.2) is 18.3 Å². The molecule has 0 unspecified atom stereocenters. The summed E-state index contributed by atoms with van der Waals surface area (Å²) in [4.78, 5) is 10.7. The molecule has 0 aliphatic carbocycles. The summed E-state index contributed by atoms with van der Waals surface area (Å²) >= 11 is 5.32. The van der Waals surface area contributed by atoms with Gasteiger partial charge in [0, 0.05) is 6.54 Å². The van der Waals surface area contributed by atoms with Gasteiger partial charge in [-0.1, -0.05) is 27.2 Å². The van der Waals surface area contributed by atoms with Crippen molar-refractivity contribution >= 4 is 17.5 Å². The van der Waals surface area contributed by atoms with Gasteiger partial charge in [0.25, 0.3) is 0 Å². The lowest BCUT2D eigenvalue weighted by Crippen LogP contribution is -2.28. The second-order valence-corrected chi connectivity index (χ2v) is 4.02. The van der Waals surface area contributed by atoms with Crippen LogP contribution in [0.2, 0.25) is 0 Å². The number of amides is 1. The summed E-state index contributed by atoms with van der Waals surface area (Å²) in [7, 11) is 0. The maximum Gasteiger partial charge on any atom is 0.234 e. The van der Waals surface area contributed by atoms with E-state index in [0.717, 1.165) is 19.4 Å². The molecule has 0 saturated carbocycles. The Labute approximate surface area is 79.7 Å². The third-order valence-electron chi connectivity index (χ3n) is 2.20. The fourth-order valence-electron chi connectivity index (χ4n) is 0.764. The first-order chi connectivity index (χ1) is 5.52. The van der Waals surface area contributed by atoms with E-state index in [-0.39, 0.29) is 11.8 Å². The number of hydrogen-bond donors (Lipinski definition) is 1. The van der Waals surface area contributed by atoms with Crippen LogP contribution in [0.3, 0.4) is 0 Å². The molecule has 0 aliphatic heterocycles. The molecule has 0 heterocycles. The van der Waals surface area contributed by atoms with Crippen LogP contribution in [0.5, 0.6) is 0 Å². The molecule has 0 rings (SSSR count). The number of halogens is 1. The van der Waals surface area contributed by atoms with Gasteiger partial charge >= 0.3 is 0 Å². The number of rotatable bonds is 5. The van der Waals surface area contributed by atoms with Crippen molar-refractivity contribution in [3.63, 3.8) is 0 Å². The number of nitrogens with one attached hydrogen (secondary N) is 1. The van der Waals surface area contributed by atoms with Crippen molar-refractivity contribution < 1.29 is 4.79 Å². The van der Waals surface area contributed by atoms with Crippen molar-refractivity contribution in [3.05, 3.63) is 0 Å². The van der Waals surface area contributed by atoms with Crippen LogP contribution in [0.25, 0.3) is 0 Å². The highest BCUT2D eigenvalue weighted by Crippen LogP contribution is 2.23. The van der Waals surface area contributed by atoms with Gasteiger partial charge in [0.1, 0.15) is 5.88 Å². The Bertz CT molecular complexity index is 145. The number of carbonyl (C=O) groups excluding carboxylic acids is 1. The van der Waals surface area contributed by atoms with Gasteiger partial charge in [0.15, 0.2) is 0 Å². The molecule has 12 heavy (non-hydrogen) atoms. The second-order valence-electron chi connectivity index (χ2n) is 3.75. The molecule has 1 amide bonds. The molecule has 0 aromatic carbocycles. The minimum atomic E-state index is -0.0800. The minimum absolute atomic E-state index is 0.0621. The second kappa shape index (κ2) is 5.41. The zero-order chi connectivity index (χ0) is 9.61. The summed E-state index contributed by atoms with van der Waals surface area (Å²) < 4.78 is 0. The molecule has 0 atom stereocenters. The maximum absolute atomic E-state index is 10.7. The Kier molecular flexibility index (Phi) is 5.31. The molecule has 0 aromatic rings. The van der Waals surface area contributed by atoms with Crippen molar-refractivity contribution in [2.24, 2.45) is 5.41 Å². The molecule has 0 aromatic heterocycles. The van der Waals surface area contributed by atoms with Gasteiger partial charge in [-0.25, -0.2) is 0 Å². The minimum Gasteiger partial charge on any atom is -0.355 e. The summed E-state index contributed by atoms with van der Waals surface area (Å²) in [6.45, 7) is 7.27. The van der Waals surface area contributed by atoms with E-state index in [2.05, 4.69) is 26.1 Å². The van der Waals surface area contributed by atoms with E-state index in [1.54, 1.807) is 0 Å². The van der Waals surface area contributed by atoms with E-state index < -0.39 is 0 Å². The first-order valence-electron chi connectivity index (χ1n) is 4.34. The fourth-order valence-corrected chi connectivity index (χ4v) is 0.859. The van der Waals surface area contributed by atoms with Crippen molar-refractivity contribution in [2.45, 2.75) is 33.6 Å². The van der Waals surface area contributed by atoms with Gasteiger partial charge in [0.2, 0.25) is 5.91 Å². The molecule has 2 nitrogen and oxygen atoms in total. The number of hydrogen-bond acceptors (Lipinski definition) is 1. The average Bonchev–Trinajstić information content (AvgIpc) is 2.04. The normalized spacial score (nSPS) is 11.3. The van der Waals surface area contributed by atoms with Crippen molar-refractivity contribution in [3.8, 4) is 0 Å². The summed E-state index contributed by atoms with van der Waals surface area (Å²) in [5.41, 5.74) is 0.319. The zero-order valence-electron chi connectivity index (χ0n) is 8.11. The molecule has 0 aliphatic rings. The van der Waals surface area contributed by atoms with Gasteiger partial charge in [0.05, 0.1) is 0 Å². The largest absolute Gasteiger partial charge is 0.355 e. The third kappa shape index (κ3) is 5.42. The lowest BCUT2D eigenvalue weighted by molar-refractivity contribution is -0.118. The molecule has 0 saturated heterocycles. The van der Waals surface area contributed by atoms with Crippen molar-refractivity contribution in [1.82, 2.24) is 5.32 Å². The standard InChI is InChI=1S/C9H18ClNO/c1-4-9(2,3)5-6-11-8(12)7-10/h4-7H2,1-3H3,(H,11,12). The van der Waals surface area contributed by atoms with Crippen LogP contribution in [0.1, 0.15) is 33.6 Å². The van der Waals surface area contributed by atoms with Crippen LogP contribution in [-0.2, 0) is 4.79 Å². The molecular formula is C9H18ClNO. The fraction of sp³-hybridized carbons (Fsp3) is 0.889. The first-order valence-corrected chi connectivity index (χ1v) is 4.88. The predicted molar refractivity (Wildman–Crippen MR) is 52.4 cm³/mol. The van der Waals surface area contributed by atoms with Crippen molar-refractivity contribution in [1.29, 1.82) is 0 Å². The monoisotopic (exact) mass is 191 g/mol. The van der Waals surface area contributed by atoms with Crippen LogP contribution in [0.15, 0.2) is 0 Å². The average molecular weight is 192 g/mol. The predicted octanol–water partition coefficient (Wildman–Crippen LogP) is 2.17. The summed E-state index contributed by atoms with van der Waals surface area (Å²) in [6, 6.07) is 0. The van der Waals surface area contributed by atoms with E-state index >= 15 is 0 Å². The molecular weight excluding hydrogens is 174 g/mol. The molecule has 0 fully saturated rings. The Morgan fingerprint density at radius 3 is 2.50 bits per heavy atom. The smallest absolute Gasteiger partial charge is 0.234 e. The van der Waals surface area contributed by atoms with E-state index in [0.29, 0.717) is 5.41 Å². The summed E-state index contributed by atoms with van der Waals surface area (Å²) in [5, 5.41) is 2.75. The lowest BCUT2D eigenvalue weighted by Gasteiger charge is -2.22. The first kappa shape index (κ1) is 11.8. The third-order valence-corrected chi connectivity index (χ3v) is 2.45. The Balaban J connectivity index is 3.49. The van der Waals surface area contributed by atoms with E-state index in [1.165, 1.54) is 0 Å². The molecule has 0 bridgehead atoms. The number of carbonyl (C=O) groups is 1. The highest BCUT2D eigenvalue weighted by molar-refractivity contribution is 6.27. The Hall–Kier alpha value is -0.240. The highest BCUT2D eigenvalue weighted by Gasteiger charge is 2.14. The Morgan fingerprint density at radius 1 is 1.50 bits per heavy atom. The summed E-state index contributed by atoms with van der Waals surface area (Å²) in [5.74, 6) is -0.0180. The van der Waals surface area contributed by atoms with Gasteiger partial charge in [-0.05, 0) is 11.8 Å². The SMILES string of the molecule is CCC(C)(C)CCNC(=O)CCl. The van der Waals surface area contributed by atoms with E-state index in [1.807, 2.05) is 0 Å². The van der Waals surface area contributed by atoms with Gasteiger partial charge in [-0.15, -0.1) is 11.6 Å². The van der Waals surface area contributed by atoms with Crippen LogP contribution >= 0.6 is 11.6 Å². The van der Waals surface area contributed by atoms with Gasteiger partial charge in [-0.3, -0.25) is 4.79 Å². The van der Waals surface area contributed by atoms with Gasteiger partial charge in [-0.2, -0.15) is 0 Å². The maximum atomic E-state index is 10.7. The quantitative estimate of drug-likeness (QED) is 0.664. The topological polar surface area (TPSA) is 29.1 Å². The highest BCUT2D eigenvalue weighted by atomic mass is 35.5. The lowest BCUT2D eigenvalue weighted by atomic mass is 9.87. The molecule has 0 radical (unpaired) electrons.